The number of aromatic amines is 1. The lowest BCUT2D eigenvalue weighted by atomic mass is 10.1. The lowest BCUT2D eigenvalue weighted by molar-refractivity contribution is 0.0600. The van der Waals surface area contributed by atoms with Crippen LogP contribution in [0.4, 0.5) is 17.3 Å². The predicted octanol–water partition coefficient (Wildman–Crippen LogP) is 3.41. The molecular weight excluding hydrogens is 420 g/mol. The minimum atomic E-state index is -0.399. The molecule has 1 aromatic carbocycles. The average Bonchev–Trinajstić information content (AvgIpc) is 3.35. The second-order valence-corrected chi connectivity index (χ2v) is 7.67. The zero-order valence-corrected chi connectivity index (χ0v) is 18.5. The normalized spacial score (nSPS) is 13.3. The lowest BCUT2D eigenvalue weighted by Gasteiger charge is -2.37. The summed E-state index contributed by atoms with van der Waals surface area (Å²) in [5.74, 6) is 1.71. The van der Waals surface area contributed by atoms with Gasteiger partial charge in [-0.1, -0.05) is 12.1 Å². The summed E-state index contributed by atoms with van der Waals surface area (Å²) in [6.07, 6.45) is 5.36. The van der Waals surface area contributed by atoms with E-state index in [1.807, 2.05) is 41.6 Å². The minimum absolute atomic E-state index is 0.399. The molecule has 3 aromatic heterocycles. The molecule has 1 aliphatic rings. The Balaban J connectivity index is 1.59. The summed E-state index contributed by atoms with van der Waals surface area (Å²) >= 11 is 0. The van der Waals surface area contributed by atoms with Gasteiger partial charge in [-0.2, -0.15) is 0 Å². The van der Waals surface area contributed by atoms with Crippen molar-refractivity contribution in [3.8, 4) is 11.4 Å². The van der Waals surface area contributed by atoms with Crippen molar-refractivity contribution < 1.29 is 14.3 Å². The molecule has 9 heteroatoms. The largest absolute Gasteiger partial charge is 0.465 e. The van der Waals surface area contributed by atoms with Gasteiger partial charge in [-0.15, -0.1) is 0 Å². The summed E-state index contributed by atoms with van der Waals surface area (Å²) in [4.78, 5) is 33.7. The molecule has 9 nitrogen and oxygen atoms in total. The summed E-state index contributed by atoms with van der Waals surface area (Å²) in [5, 5.41) is 1.07. The second-order valence-electron chi connectivity index (χ2n) is 7.67. The fourth-order valence-corrected chi connectivity index (χ4v) is 4.11. The molecule has 0 aliphatic carbocycles. The Morgan fingerprint density at radius 3 is 2.91 bits per heavy atom. The van der Waals surface area contributed by atoms with Gasteiger partial charge in [0, 0.05) is 55.6 Å². The van der Waals surface area contributed by atoms with Crippen LogP contribution in [0.15, 0.2) is 55.0 Å². The molecule has 0 atom stereocenters. The highest BCUT2D eigenvalue weighted by Gasteiger charge is 2.27. The van der Waals surface area contributed by atoms with Gasteiger partial charge in [0.05, 0.1) is 25.5 Å². The number of nitrogens with one attached hydrogen (secondary N) is 1. The molecule has 0 spiro atoms. The van der Waals surface area contributed by atoms with Crippen LogP contribution >= 0.6 is 0 Å². The van der Waals surface area contributed by atoms with E-state index in [-0.39, 0.29) is 0 Å². The number of nitrogens with zero attached hydrogens (tertiary/aromatic N) is 5. The number of hydrogen-bond donors (Lipinski definition) is 1. The Kier molecular flexibility index (Phi) is 5.62. The van der Waals surface area contributed by atoms with Crippen molar-refractivity contribution >= 4 is 34.2 Å². The summed E-state index contributed by atoms with van der Waals surface area (Å²) in [5.41, 5.74) is 3.28. The molecule has 33 heavy (non-hydrogen) atoms. The molecule has 5 rings (SSSR count). The molecule has 0 saturated heterocycles. The number of pyridine rings is 1. The number of H-pyrrole nitrogens is 1. The first-order chi connectivity index (χ1) is 16.2. The van der Waals surface area contributed by atoms with Crippen LogP contribution in [0.25, 0.3) is 22.3 Å². The first-order valence-corrected chi connectivity index (χ1v) is 10.7. The Morgan fingerprint density at radius 1 is 1.15 bits per heavy atom. The standard InChI is InChI=1S/C24H24N6O3/c1-32-13-12-29-10-11-30(21-14-16(6-8-26-21)24(31)33-2)20-15-27-22(28-23(20)29)18-4-3-5-19-17(18)7-9-25-19/h3-9,14-15,25H,10-13H2,1-2H3. The van der Waals surface area contributed by atoms with Crippen LogP contribution in [0.1, 0.15) is 10.4 Å². The van der Waals surface area contributed by atoms with Gasteiger partial charge >= 0.3 is 5.97 Å². The molecule has 4 aromatic rings. The molecule has 1 N–H and O–H groups in total. The summed E-state index contributed by atoms with van der Waals surface area (Å²) < 4.78 is 10.2. The van der Waals surface area contributed by atoms with Gasteiger partial charge < -0.3 is 24.3 Å². The van der Waals surface area contributed by atoms with Gasteiger partial charge in [-0.3, -0.25) is 0 Å². The third-order valence-corrected chi connectivity index (χ3v) is 5.78. The number of carbonyl (C=O) groups is 1. The molecule has 168 valence electrons. The van der Waals surface area contributed by atoms with Crippen molar-refractivity contribution in [3.63, 3.8) is 0 Å². The van der Waals surface area contributed by atoms with Gasteiger partial charge in [0.2, 0.25) is 0 Å². The molecule has 0 fully saturated rings. The monoisotopic (exact) mass is 444 g/mol. The van der Waals surface area contributed by atoms with Crippen molar-refractivity contribution in [2.75, 3.05) is 50.3 Å². The zero-order chi connectivity index (χ0) is 22.8. The van der Waals surface area contributed by atoms with Crippen molar-refractivity contribution in [1.29, 1.82) is 0 Å². The van der Waals surface area contributed by atoms with Crippen LogP contribution in [0.5, 0.6) is 0 Å². The summed E-state index contributed by atoms with van der Waals surface area (Å²) in [7, 11) is 3.06. The third kappa shape index (κ3) is 3.87. The highest BCUT2D eigenvalue weighted by molar-refractivity contribution is 5.94. The van der Waals surface area contributed by atoms with Crippen LogP contribution in [0, 0.1) is 0 Å². The highest BCUT2D eigenvalue weighted by Crippen LogP contribution is 2.37. The van der Waals surface area contributed by atoms with Gasteiger partial charge in [-0.25, -0.2) is 19.7 Å². The number of fused-ring (bicyclic) bond motifs is 2. The smallest absolute Gasteiger partial charge is 0.338 e. The highest BCUT2D eigenvalue weighted by atomic mass is 16.5. The van der Waals surface area contributed by atoms with Gasteiger partial charge in [-0.05, 0) is 24.3 Å². The number of ether oxygens (including phenoxy) is 2. The van der Waals surface area contributed by atoms with E-state index in [0.717, 1.165) is 34.5 Å². The Hall–Kier alpha value is -3.98. The van der Waals surface area contributed by atoms with Crippen molar-refractivity contribution in [1.82, 2.24) is 19.9 Å². The fourth-order valence-electron chi connectivity index (χ4n) is 4.11. The van der Waals surface area contributed by atoms with E-state index in [4.69, 9.17) is 19.4 Å². The zero-order valence-electron chi connectivity index (χ0n) is 18.5. The van der Waals surface area contributed by atoms with E-state index in [2.05, 4.69) is 14.9 Å². The van der Waals surface area contributed by atoms with Crippen LogP contribution in [-0.2, 0) is 9.47 Å². The maximum Gasteiger partial charge on any atom is 0.338 e. The van der Waals surface area contributed by atoms with E-state index in [1.54, 1.807) is 25.4 Å². The number of benzene rings is 1. The van der Waals surface area contributed by atoms with Crippen LogP contribution in [-0.4, -0.2) is 66.4 Å². The SMILES string of the molecule is COCCN1CCN(c2cc(C(=O)OC)ccn2)c2cnc(-c3cccc4[nH]ccc34)nc21. The maximum absolute atomic E-state index is 12.0. The number of hydrogen-bond acceptors (Lipinski definition) is 8. The quantitative estimate of drug-likeness (QED) is 0.452. The topological polar surface area (TPSA) is 96.5 Å². The van der Waals surface area contributed by atoms with Crippen LogP contribution in [0.2, 0.25) is 0 Å². The molecular formula is C24H24N6O3. The molecule has 0 radical (unpaired) electrons. The maximum atomic E-state index is 12.0. The van der Waals surface area contributed by atoms with Gasteiger partial charge in [0.1, 0.15) is 11.5 Å². The number of carbonyl (C=O) groups excluding carboxylic acids is 1. The molecule has 0 bridgehead atoms. The lowest BCUT2D eigenvalue weighted by Crippen LogP contribution is -2.41. The Morgan fingerprint density at radius 2 is 2.06 bits per heavy atom. The second kappa shape index (κ2) is 8.87. The molecule has 4 heterocycles. The van der Waals surface area contributed by atoms with Crippen molar-refractivity contribution in [2.24, 2.45) is 0 Å². The van der Waals surface area contributed by atoms with E-state index in [1.165, 1.54) is 7.11 Å². The van der Waals surface area contributed by atoms with Crippen LogP contribution < -0.4 is 9.80 Å². The third-order valence-electron chi connectivity index (χ3n) is 5.78. The summed E-state index contributed by atoms with van der Waals surface area (Å²) in [6.45, 7) is 2.69. The van der Waals surface area contributed by atoms with E-state index >= 15 is 0 Å². The Bertz CT molecular complexity index is 1300. The average molecular weight is 444 g/mol. The number of anilines is 3. The van der Waals surface area contributed by atoms with E-state index in [0.29, 0.717) is 36.9 Å². The molecule has 0 unspecified atom stereocenters. The van der Waals surface area contributed by atoms with Crippen molar-refractivity contribution in [2.45, 2.75) is 0 Å². The number of esters is 1. The van der Waals surface area contributed by atoms with Crippen molar-refractivity contribution in [3.05, 3.63) is 60.6 Å². The minimum Gasteiger partial charge on any atom is -0.465 e. The number of rotatable bonds is 6. The Labute approximate surface area is 191 Å². The van der Waals surface area contributed by atoms with Crippen LogP contribution in [0.3, 0.4) is 0 Å². The molecule has 1 aliphatic heterocycles. The number of methoxy groups -OCH3 is 2. The van der Waals surface area contributed by atoms with Gasteiger partial charge in [0.25, 0.3) is 0 Å². The summed E-state index contributed by atoms with van der Waals surface area (Å²) in [6, 6.07) is 11.5. The first kappa shape index (κ1) is 20.9. The van der Waals surface area contributed by atoms with E-state index < -0.39 is 5.97 Å². The first-order valence-electron chi connectivity index (χ1n) is 10.7. The molecule has 0 amide bonds. The molecule has 0 saturated carbocycles. The number of aromatic nitrogens is 4. The van der Waals surface area contributed by atoms with Gasteiger partial charge in [0.15, 0.2) is 11.6 Å². The fraction of sp³-hybridized carbons (Fsp3) is 0.250. The van der Waals surface area contributed by atoms with E-state index in [9.17, 15) is 4.79 Å². The predicted molar refractivity (Wildman–Crippen MR) is 126 cm³/mol.